The van der Waals surface area contributed by atoms with Crippen LogP contribution in [0.25, 0.3) is 11.5 Å². The van der Waals surface area contributed by atoms with Crippen LogP contribution < -0.4 is 0 Å². The Morgan fingerprint density at radius 2 is 2.00 bits per heavy atom. The van der Waals surface area contributed by atoms with Crippen molar-refractivity contribution in [1.29, 1.82) is 0 Å². The Balaban J connectivity index is 2.44. The fourth-order valence-electron chi connectivity index (χ4n) is 1.37. The molecule has 0 aliphatic rings. The van der Waals surface area contributed by atoms with Crippen molar-refractivity contribution in [3.05, 3.63) is 41.9 Å². The monoisotopic (exact) mass is 199 g/mol. The van der Waals surface area contributed by atoms with Crippen molar-refractivity contribution in [3.63, 3.8) is 0 Å². The van der Waals surface area contributed by atoms with Crippen LogP contribution in [0, 0.1) is 6.92 Å². The highest BCUT2D eigenvalue weighted by atomic mass is 14.9. The van der Waals surface area contributed by atoms with Crippen molar-refractivity contribution >= 4 is 0 Å². The van der Waals surface area contributed by atoms with Crippen molar-refractivity contribution < 1.29 is 0 Å². The second-order valence-corrected chi connectivity index (χ2v) is 3.39. The van der Waals surface area contributed by atoms with Crippen LogP contribution in [-0.4, -0.2) is 15.0 Å². The normalized spacial score (nSPS) is 10.3. The lowest BCUT2D eigenvalue weighted by atomic mass is 10.2. The van der Waals surface area contributed by atoms with Crippen LogP contribution in [0.4, 0.5) is 0 Å². The first kappa shape index (κ1) is 9.77. The van der Waals surface area contributed by atoms with Gasteiger partial charge in [-0.05, 0) is 31.5 Å². The van der Waals surface area contributed by atoms with Gasteiger partial charge in [-0.1, -0.05) is 13.0 Å². The predicted octanol–water partition coefficient (Wildman–Crippen LogP) is 2.41. The fourth-order valence-corrected chi connectivity index (χ4v) is 1.37. The summed E-state index contributed by atoms with van der Waals surface area (Å²) in [7, 11) is 0. The molecule has 15 heavy (non-hydrogen) atoms. The van der Waals surface area contributed by atoms with E-state index >= 15 is 0 Å². The summed E-state index contributed by atoms with van der Waals surface area (Å²) in [4.78, 5) is 13.0. The first-order chi connectivity index (χ1) is 7.29. The van der Waals surface area contributed by atoms with Crippen molar-refractivity contribution in [2.45, 2.75) is 20.3 Å². The van der Waals surface area contributed by atoms with Gasteiger partial charge in [-0.2, -0.15) is 0 Å². The zero-order valence-electron chi connectivity index (χ0n) is 8.94. The molecule has 0 aliphatic carbocycles. The summed E-state index contributed by atoms with van der Waals surface area (Å²) in [6, 6.07) is 7.83. The summed E-state index contributed by atoms with van der Waals surface area (Å²) in [5.41, 5.74) is 2.87. The second kappa shape index (κ2) is 4.17. The molecule has 3 nitrogen and oxygen atoms in total. The van der Waals surface area contributed by atoms with Gasteiger partial charge in [0.25, 0.3) is 0 Å². The fraction of sp³-hybridized carbons (Fsp3) is 0.250. The quantitative estimate of drug-likeness (QED) is 0.745. The predicted molar refractivity (Wildman–Crippen MR) is 59.4 cm³/mol. The zero-order valence-corrected chi connectivity index (χ0v) is 8.94. The van der Waals surface area contributed by atoms with E-state index in [1.807, 2.05) is 31.2 Å². The average molecular weight is 199 g/mol. The van der Waals surface area contributed by atoms with Crippen LogP contribution in [0.5, 0.6) is 0 Å². The SMILES string of the molecule is CCc1cccc(-c2nccc(C)n2)n1. The topological polar surface area (TPSA) is 38.7 Å². The maximum Gasteiger partial charge on any atom is 0.178 e. The summed E-state index contributed by atoms with van der Waals surface area (Å²) >= 11 is 0. The van der Waals surface area contributed by atoms with E-state index in [9.17, 15) is 0 Å². The average Bonchev–Trinajstić information content (AvgIpc) is 2.29. The van der Waals surface area contributed by atoms with Crippen LogP contribution in [0.15, 0.2) is 30.5 Å². The summed E-state index contributed by atoms with van der Waals surface area (Å²) in [5.74, 6) is 0.699. The molecule has 0 saturated heterocycles. The lowest BCUT2D eigenvalue weighted by Crippen LogP contribution is -1.95. The Bertz CT molecular complexity index is 466. The van der Waals surface area contributed by atoms with E-state index in [0.29, 0.717) is 5.82 Å². The molecule has 0 radical (unpaired) electrons. The Kier molecular flexibility index (Phi) is 2.72. The molecule has 0 aromatic carbocycles. The van der Waals surface area contributed by atoms with Gasteiger partial charge in [-0.3, -0.25) is 0 Å². The van der Waals surface area contributed by atoms with Gasteiger partial charge >= 0.3 is 0 Å². The Hall–Kier alpha value is -1.77. The number of hydrogen-bond acceptors (Lipinski definition) is 3. The van der Waals surface area contributed by atoms with Crippen molar-refractivity contribution in [2.24, 2.45) is 0 Å². The maximum absolute atomic E-state index is 4.48. The summed E-state index contributed by atoms with van der Waals surface area (Å²) in [6.07, 6.45) is 2.69. The maximum atomic E-state index is 4.48. The van der Waals surface area contributed by atoms with E-state index in [0.717, 1.165) is 23.5 Å². The highest BCUT2D eigenvalue weighted by Crippen LogP contribution is 2.12. The molecule has 0 unspecified atom stereocenters. The molecule has 2 heterocycles. The Morgan fingerprint density at radius 3 is 2.73 bits per heavy atom. The molecule has 2 rings (SSSR count). The first-order valence-corrected chi connectivity index (χ1v) is 5.05. The third-order valence-electron chi connectivity index (χ3n) is 2.19. The lowest BCUT2D eigenvalue weighted by molar-refractivity contribution is 1.02. The number of aryl methyl sites for hydroxylation is 2. The lowest BCUT2D eigenvalue weighted by Gasteiger charge is -2.01. The number of nitrogens with zero attached hydrogens (tertiary/aromatic N) is 3. The number of hydrogen-bond donors (Lipinski definition) is 0. The van der Waals surface area contributed by atoms with Crippen molar-refractivity contribution in [1.82, 2.24) is 15.0 Å². The third kappa shape index (κ3) is 2.18. The van der Waals surface area contributed by atoms with Gasteiger partial charge in [0.05, 0.1) is 0 Å². The highest BCUT2D eigenvalue weighted by molar-refractivity contribution is 5.48. The molecule has 0 amide bonds. The van der Waals surface area contributed by atoms with Crippen LogP contribution in [-0.2, 0) is 6.42 Å². The minimum absolute atomic E-state index is 0.699. The molecule has 0 N–H and O–H groups in total. The van der Waals surface area contributed by atoms with Gasteiger partial charge in [0, 0.05) is 17.6 Å². The smallest absolute Gasteiger partial charge is 0.178 e. The van der Waals surface area contributed by atoms with Crippen molar-refractivity contribution in [3.8, 4) is 11.5 Å². The van der Waals surface area contributed by atoms with Crippen LogP contribution >= 0.6 is 0 Å². The molecule has 76 valence electrons. The Morgan fingerprint density at radius 1 is 1.13 bits per heavy atom. The minimum atomic E-state index is 0.699. The van der Waals surface area contributed by atoms with E-state index < -0.39 is 0 Å². The molecular weight excluding hydrogens is 186 g/mol. The molecule has 0 atom stereocenters. The van der Waals surface area contributed by atoms with Crippen molar-refractivity contribution in [2.75, 3.05) is 0 Å². The number of rotatable bonds is 2. The highest BCUT2D eigenvalue weighted by Gasteiger charge is 2.02. The van der Waals surface area contributed by atoms with Gasteiger partial charge in [-0.15, -0.1) is 0 Å². The van der Waals surface area contributed by atoms with Gasteiger partial charge in [0.2, 0.25) is 0 Å². The largest absolute Gasteiger partial charge is 0.250 e. The van der Waals surface area contributed by atoms with Crippen LogP contribution in [0.1, 0.15) is 18.3 Å². The van der Waals surface area contributed by atoms with E-state index in [4.69, 9.17) is 0 Å². The molecule has 0 bridgehead atoms. The molecule has 2 aromatic rings. The standard InChI is InChI=1S/C12H13N3/c1-3-10-5-4-6-11(15-10)12-13-8-7-9(2)14-12/h4-8H,3H2,1-2H3. The van der Waals surface area contributed by atoms with Gasteiger partial charge < -0.3 is 0 Å². The van der Waals surface area contributed by atoms with E-state index in [1.165, 1.54) is 0 Å². The molecule has 3 heteroatoms. The molecule has 0 spiro atoms. The Labute approximate surface area is 89.2 Å². The van der Waals surface area contributed by atoms with E-state index in [2.05, 4.69) is 21.9 Å². The molecular formula is C12H13N3. The first-order valence-electron chi connectivity index (χ1n) is 5.05. The van der Waals surface area contributed by atoms with Crippen LogP contribution in [0.2, 0.25) is 0 Å². The zero-order chi connectivity index (χ0) is 10.7. The number of pyridine rings is 1. The number of aromatic nitrogens is 3. The molecule has 0 saturated carbocycles. The van der Waals surface area contributed by atoms with E-state index in [1.54, 1.807) is 6.20 Å². The summed E-state index contributed by atoms with van der Waals surface area (Å²) in [6.45, 7) is 4.04. The molecule has 0 aliphatic heterocycles. The second-order valence-electron chi connectivity index (χ2n) is 3.39. The third-order valence-corrected chi connectivity index (χ3v) is 2.19. The minimum Gasteiger partial charge on any atom is -0.250 e. The molecule has 0 fully saturated rings. The van der Waals surface area contributed by atoms with E-state index in [-0.39, 0.29) is 0 Å². The molecule has 2 aromatic heterocycles. The van der Waals surface area contributed by atoms with Crippen LogP contribution in [0.3, 0.4) is 0 Å². The summed E-state index contributed by atoms with van der Waals surface area (Å²) < 4.78 is 0. The van der Waals surface area contributed by atoms with Gasteiger partial charge in [0.15, 0.2) is 5.82 Å². The van der Waals surface area contributed by atoms with Gasteiger partial charge in [-0.25, -0.2) is 15.0 Å². The summed E-state index contributed by atoms with van der Waals surface area (Å²) in [5, 5.41) is 0. The van der Waals surface area contributed by atoms with Gasteiger partial charge in [0.1, 0.15) is 5.69 Å².